The number of carbonyl (C=O) groups is 12. The van der Waals surface area contributed by atoms with Gasteiger partial charge in [0.2, 0.25) is 59.1 Å². The van der Waals surface area contributed by atoms with Crippen LogP contribution in [0, 0.1) is 0 Å². The lowest BCUT2D eigenvalue weighted by molar-refractivity contribution is -0.144. The van der Waals surface area contributed by atoms with Gasteiger partial charge in [-0.05, 0) is 88.3 Å². The van der Waals surface area contributed by atoms with E-state index in [2.05, 4.69) is 36.9 Å². The van der Waals surface area contributed by atoms with Gasteiger partial charge in [-0.2, -0.15) is 0 Å². The van der Waals surface area contributed by atoms with Crippen LogP contribution in [0.4, 0.5) is 0 Å². The van der Waals surface area contributed by atoms with E-state index in [0.717, 1.165) is 6.92 Å². The maximum absolute atomic E-state index is 14.5. The molecule has 8 unspecified atom stereocenters. The number of benzene rings is 2. The second-order valence-corrected chi connectivity index (χ2v) is 20.0. The lowest BCUT2D eigenvalue weighted by Crippen LogP contribution is -2.60. The smallest absolute Gasteiger partial charge is 0.322 e. The second-order valence-electron chi connectivity index (χ2n) is 20.0. The highest BCUT2D eigenvalue weighted by atomic mass is 16.4. The summed E-state index contributed by atoms with van der Waals surface area (Å²) in [5.41, 5.74) is 34.9. The number of rotatable bonds is 33. The summed E-state index contributed by atoms with van der Waals surface area (Å²) in [6, 6.07) is 6.93. The first-order chi connectivity index (χ1) is 39.4. The molecule has 0 aliphatic carbocycles. The lowest BCUT2D eigenvalue weighted by atomic mass is 10.0. The van der Waals surface area contributed by atoms with E-state index in [1.54, 1.807) is 60.7 Å². The number of primary amides is 2. The van der Waals surface area contributed by atoms with Crippen LogP contribution in [-0.2, 0) is 70.4 Å². The predicted molar refractivity (Wildman–Crippen MR) is 301 cm³/mol. The Labute approximate surface area is 480 Å². The number of carboxylic acid groups (broad SMARTS) is 2. The number of nitrogens with two attached hydrogens (primary N) is 6. The normalized spacial score (nSPS) is 16.6. The molecule has 4 rings (SSSR count). The Balaban J connectivity index is 0.00000436. The third-order valence-corrected chi connectivity index (χ3v) is 13.4. The number of guanidine groups is 1. The Kier molecular flexibility index (Phi) is 29.6. The molecule has 0 spiro atoms. The number of nitrogens with one attached hydrogen (secondary N) is 6. The van der Waals surface area contributed by atoms with Crippen LogP contribution in [0.5, 0.6) is 0 Å². The van der Waals surface area contributed by atoms with Crippen LogP contribution >= 0.6 is 0 Å². The second kappa shape index (κ2) is 35.9. The monoisotopic (exact) mass is 1160 g/mol. The summed E-state index contributed by atoms with van der Waals surface area (Å²) in [5.74, 6) is -10.1. The fourth-order valence-corrected chi connectivity index (χ4v) is 9.28. The summed E-state index contributed by atoms with van der Waals surface area (Å²) in [5, 5.41) is 32.1. The van der Waals surface area contributed by atoms with Gasteiger partial charge in [0, 0.05) is 52.2 Å². The van der Waals surface area contributed by atoms with Crippen molar-refractivity contribution in [2.24, 2.45) is 39.4 Å². The Morgan fingerprint density at radius 3 is 1.46 bits per heavy atom. The highest BCUT2D eigenvalue weighted by Crippen LogP contribution is 2.23. The van der Waals surface area contributed by atoms with Crippen molar-refractivity contribution in [3.8, 4) is 0 Å². The lowest BCUT2D eigenvalue weighted by Gasteiger charge is -2.32. The third-order valence-electron chi connectivity index (χ3n) is 13.4. The molecule has 20 N–H and O–H groups in total. The van der Waals surface area contributed by atoms with Crippen molar-refractivity contribution < 1.29 is 67.7 Å². The van der Waals surface area contributed by atoms with Crippen LogP contribution in [0.15, 0.2) is 65.7 Å². The Bertz CT molecular complexity index is 2570. The SMILES string of the molecule is CC(=O)O.NCCCCC(NC(=O)C1CCCN1C(=O)C(N)CCCN=C(N)N)C(=O)N1CCCC1C(=O)NC(CCC(N)=O)C(=O)NC(CCC(N)=O)C(=O)NC(Cc1ccccc1)C(=O)NC(Cc1ccccc1)C(=O)NCC(=O)O. The van der Waals surface area contributed by atoms with Crippen molar-refractivity contribution in [3.05, 3.63) is 71.8 Å². The highest BCUT2D eigenvalue weighted by Gasteiger charge is 2.42. The molecule has 2 aliphatic heterocycles. The van der Waals surface area contributed by atoms with Gasteiger partial charge in [0.1, 0.15) is 48.8 Å². The number of unbranched alkanes of at least 4 members (excludes halogenated alkanes) is 1. The number of likely N-dealkylation sites (tertiary alicyclic amines) is 2. The molecule has 83 heavy (non-hydrogen) atoms. The summed E-state index contributed by atoms with van der Waals surface area (Å²) in [7, 11) is 0. The molecule has 10 amide bonds. The van der Waals surface area contributed by atoms with Crippen molar-refractivity contribution >= 4 is 77.0 Å². The number of hydrogen-bond acceptors (Lipinski definition) is 15. The van der Waals surface area contributed by atoms with Gasteiger partial charge in [0.25, 0.3) is 5.97 Å². The molecule has 2 aromatic carbocycles. The number of aliphatic carboxylic acids is 2. The molecule has 29 heteroatoms. The van der Waals surface area contributed by atoms with E-state index in [-0.39, 0.29) is 64.1 Å². The number of carbonyl (C=O) groups excluding carboxylic acids is 10. The minimum absolute atomic E-state index is 0.0669. The fourth-order valence-electron chi connectivity index (χ4n) is 9.28. The van der Waals surface area contributed by atoms with Crippen molar-refractivity contribution in [1.29, 1.82) is 0 Å². The molecule has 0 aromatic heterocycles. The number of hydrogen-bond donors (Lipinski definition) is 14. The summed E-state index contributed by atoms with van der Waals surface area (Å²) < 4.78 is 0. The Morgan fingerprint density at radius 1 is 0.566 bits per heavy atom. The topological polar surface area (TPSA) is 492 Å². The van der Waals surface area contributed by atoms with Gasteiger partial charge in [0.05, 0.1) is 6.04 Å². The largest absolute Gasteiger partial charge is 0.481 e. The van der Waals surface area contributed by atoms with Crippen LogP contribution in [0.1, 0.15) is 102 Å². The average Bonchev–Trinajstić information content (AvgIpc) is 4.30. The van der Waals surface area contributed by atoms with E-state index >= 15 is 0 Å². The molecule has 29 nitrogen and oxygen atoms in total. The zero-order valence-electron chi connectivity index (χ0n) is 46.6. The molecular weight excluding hydrogens is 1080 g/mol. The van der Waals surface area contributed by atoms with E-state index in [9.17, 15) is 57.8 Å². The van der Waals surface area contributed by atoms with Crippen molar-refractivity contribution in [3.63, 3.8) is 0 Å². The zero-order chi connectivity index (χ0) is 61.6. The van der Waals surface area contributed by atoms with Gasteiger partial charge in [-0.15, -0.1) is 0 Å². The molecule has 456 valence electrons. The first kappa shape index (κ1) is 68.5. The van der Waals surface area contributed by atoms with Gasteiger partial charge in [-0.3, -0.25) is 62.5 Å². The van der Waals surface area contributed by atoms with Gasteiger partial charge in [-0.25, -0.2) is 0 Å². The van der Waals surface area contributed by atoms with Crippen molar-refractivity contribution in [2.75, 3.05) is 32.7 Å². The van der Waals surface area contributed by atoms with Crippen LogP contribution in [0.2, 0.25) is 0 Å². The Morgan fingerprint density at radius 2 is 1.00 bits per heavy atom. The molecule has 2 fully saturated rings. The fraction of sp³-hybridized carbons (Fsp3) is 0.537. The summed E-state index contributed by atoms with van der Waals surface area (Å²) in [6.45, 7) is 1.26. The van der Waals surface area contributed by atoms with Gasteiger partial charge >= 0.3 is 5.97 Å². The third kappa shape index (κ3) is 24.9. The number of aliphatic imine (C=N–C) groups is 1. The minimum Gasteiger partial charge on any atom is -0.481 e. The van der Waals surface area contributed by atoms with Gasteiger partial charge in [0.15, 0.2) is 5.96 Å². The molecule has 0 bridgehead atoms. The first-order valence-corrected chi connectivity index (χ1v) is 27.4. The van der Waals surface area contributed by atoms with Crippen LogP contribution in [0.25, 0.3) is 0 Å². The quantitative estimate of drug-likeness (QED) is 0.0185. The van der Waals surface area contributed by atoms with Crippen molar-refractivity contribution in [1.82, 2.24) is 41.7 Å². The molecule has 0 saturated carbocycles. The first-order valence-electron chi connectivity index (χ1n) is 27.4. The van der Waals surface area contributed by atoms with E-state index in [1.807, 2.05) is 0 Å². The summed E-state index contributed by atoms with van der Waals surface area (Å²) in [6.07, 6.45) is 1.19. The van der Waals surface area contributed by atoms with E-state index in [4.69, 9.17) is 44.3 Å². The predicted octanol–water partition coefficient (Wildman–Crippen LogP) is -3.79. The summed E-state index contributed by atoms with van der Waals surface area (Å²) >= 11 is 0. The molecule has 2 aliphatic rings. The van der Waals surface area contributed by atoms with E-state index in [1.165, 1.54) is 9.80 Å². The van der Waals surface area contributed by atoms with Crippen molar-refractivity contribution in [2.45, 2.75) is 152 Å². The van der Waals surface area contributed by atoms with Gasteiger partial charge < -0.3 is 86.3 Å². The minimum atomic E-state index is -1.60. The molecule has 8 atom stereocenters. The molecule has 2 heterocycles. The van der Waals surface area contributed by atoms with Crippen LogP contribution < -0.4 is 66.3 Å². The van der Waals surface area contributed by atoms with E-state index in [0.29, 0.717) is 56.2 Å². The van der Waals surface area contributed by atoms with Crippen LogP contribution in [0.3, 0.4) is 0 Å². The zero-order valence-corrected chi connectivity index (χ0v) is 46.6. The summed E-state index contributed by atoms with van der Waals surface area (Å²) in [4.78, 5) is 163. The molecular formula is C54H81N15O14. The van der Waals surface area contributed by atoms with Gasteiger partial charge in [-0.1, -0.05) is 60.7 Å². The molecule has 2 saturated heterocycles. The molecule has 2 aromatic rings. The maximum atomic E-state index is 14.5. The number of amides is 10. The van der Waals surface area contributed by atoms with E-state index < -0.39 is 145 Å². The number of carboxylic acids is 2. The Hall–Kier alpha value is -8.73. The average molecular weight is 1160 g/mol. The maximum Gasteiger partial charge on any atom is 0.322 e. The molecule has 0 radical (unpaired) electrons. The number of nitrogens with zero attached hydrogens (tertiary/aromatic N) is 3. The standard InChI is InChI=1S/C52H77N15O12.C2H4O2/c53-24-8-7-17-36(63-49(77)39-18-10-26-66(39)50(78)33(54)16-9-25-59-52(57)58)51(79)67-27-11-19-40(67)48(76)62-35(21-23-42(56)69)45(73)61-34(20-22-41(55)68)46(74)65-38(29-32-14-5-2-6-15-32)47(75)64-37(44(72)60-30-43(70)71)28-31-12-3-1-4-13-31;1-2(3)4/h1-6,12-15,33-40H,7-11,16-30,53-54H2,(H2,55,68)(H2,56,69)(H,60,72)(H,61,73)(H,62,76)(H,63,77)(H,64,75)(H,65,74)(H,70,71)(H4,57,58,59);1H3,(H,3,4). The highest BCUT2D eigenvalue weighted by molar-refractivity contribution is 5.98. The van der Waals surface area contributed by atoms with Crippen LogP contribution in [-0.4, -0.2) is 178 Å².